The predicted octanol–water partition coefficient (Wildman–Crippen LogP) is 9.24. The Bertz CT molecular complexity index is 2060. The molecule has 0 radical (unpaired) electrons. The highest BCUT2D eigenvalue weighted by atomic mass is 32.2. The highest BCUT2D eigenvalue weighted by Crippen LogP contribution is 2.41. The van der Waals surface area contributed by atoms with E-state index in [-0.39, 0.29) is 4.90 Å². The summed E-state index contributed by atoms with van der Waals surface area (Å²) in [4.78, 5) is 0.105. The van der Waals surface area contributed by atoms with Gasteiger partial charge in [-0.25, -0.2) is 0 Å². The van der Waals surface area contributed by atoms with Crippen LogP contribution in [0.15, 0.2) is 126 Å². The van der Waals surface area contributed by atoms with Crippen LogP contribution in [0.3, 0.4) is 0 Å². The van der Waals surface area contributed by atoms with Gasteiger partial charge in [-0.3, -0.25) is 0 Å². The summed E-state index contributed by atoms with van der Waals surface area (Å²) in [6.45, 7) is 3.82. The lowest BCUT2D eigenvalue weighted by Gasteiger charge is -2.18. The Morgan fingerprint density at radius 3 is 1.80 bits per heavy atom. The average molecular weight is 601 g/mol. The van der Waals surface area contributed by atoms with Crippen molar-refractivity contribution in [2.75, 3.05) is 14.2 Å². The third-order valence-electron chi connectivity index (χ3n) is 7.87. The molecule has 0 aromatic heterocycles. The van der Waals surface area contributed by atoms with Gasteiger partial charge in [0, 0.05) is 10.9 Å². The molecule has 0 atom stereocenters. The topological polar surface area (TPSA) is 61.8 Å². The second-order valence-electron chi connectivity index (χ2n) is 10.7. The van der Waals surface area contributed by atoms with E-state index >= 15 is 0 Å². The first-order valence-electron chi connectivity index (χ1n) is 14.2. The fourth-order valence-corrected chi connectivity index (χ4v) is 6.34. The molecule has 6 aromatic carbocycles. The molecule has 0 amide bonds. The van der Waals surface area contributed by atoms with Crippen LogP contribution in [0, 0.1) is 13.8 Å². The molecule has 0 saturated heterocycles. The van der Waals surface area contributed by atoms with Crippen molar-refractivity contribution >= 4 is 20.9 Å². The summed E-state index contributed by atoms with van der Waals surface area (Å²) in [5, 5.41) is 1.57. The molecule has 0 aliphatic carbocycles. The normalized spacial score (nSPS) is 11.4. The van der Waals surface area contributed by atoms with Crippen LogP contribution in [0.2, 0.25) is 0 Å². The van der Waals surface area contributed by atoms with Crippen LogP contribution in [0.4, 0.5) is 0 Å². The molecule has 0 aliphatic heterocycles. The number of hydrogen-bond acceptors (Lipinski definition) is 5. The largest absolute Gasteiger partial charge is 0.497 e. The van der Waals surface area contributed by atoms with Gasteiger partial charge >= 0.3 is 10.1 Å². The maximum absolute atomic E-state index is 13.6. The van der Waals surface area contributed by atoms with E-state index < -0.39 is 10.1 Å². The average Bonchev–Trinajstić information content (AvgIpc) is 3.06. The molecular weight excluding hydrogens is 568 g/mol. The summed E-state index contributed by atoms with van der Waals surface area (Å²) >= 11 is 0. The van der Waals surface area contributed by atoms with Crippen LogP contribution in [-0.4, -0.2) is 22.6 Å². The number of ether oxygens (including phenoxy) is 2. The summed E-state index contributed by atoms with van der Waals surface area (Å²) in [5.41, 5.74) is 7.56. The molecule has 0 spiro atoms. The van der Waals surface area contributed by atoms with Gasteiger partial charge in [-0.15, -0.1) is 0 Å². The fraction of sp³-hybridized carbons (Fsp3) is 0.105. The van der Waals surface area contributed by atoms with Gasteiger partial charge in [0.1, 0.15) is 16.4 Å². The summed E-state index contributed by atoms with van der Waals surface area (Å²) < 4.78 is 43.9. The van der Waals surface area contributed by atoms with Gasteiger partial charge < -0.3 is 13.7 Å². The van der Waals surface area contributed by atoms with Crippen LogP contribution in [0.5, 0.6) is 17.2 Å². The van der Waals surface area contributed by atoms with Gasteiger partial charge in [0.05, 0.1) is 14.2 Å². The molecule has 0 bridgehead atoms. The Morgan fingerprint density at radius 2 is 1.14 bits per heavy atom. The lowest BCUT2D eigenvalue weighted by molar-refractivity contribution is 0.415. The Morgan fingerprint density at radius 1 is 0.545 bits per heavy atom. The molecule has 0 heterocycles. The number of hydrogen-bond donors (Lipinski definition) is 0. The van der Waals surface area contributed by atoms with E-state index in [9.17, 15) is 8.42 Å². The number of methoxy groups -OCH3 is 2. The molecule has 6 heteroatoms. The third-order valence-corrected chi connectivity index (χ3v) is 9.10. The van der Waals surface area contributed by atoms with Crippen molar-refractivity contribution < 1.29 is 22.1 Å². The molecule has 44 heavy (non-hydrogen) atoms. The van der Waals surface area contributed by atoms with Crippen molar-refractivity contribution in [2.24, 2.45) is 0 Å². The maximum Gasteiger partial charge on any atom is 0.339 e. The second kappa shape index (κ2) is 11.9. The zero-order valence-corrected chi connectivity index (χ0v) is 25.8. The zero-order valence-electron chi connectivity index (χ0n) is 25.0. The van der Waals surface area contributed by atoms with Crippen molar-refractivity contribution in [3.8, 4) is 50.6 Å². The monoisotopic (exact) mass is 600 g/mol. The number of benzene rings is 6. The zero-order chi connectivity index (χ0) is 30.8. The van der Waals surface area contributed by atoms with Gasteiger partial charge in [-0.05, 0) is 101 Å². The van der Waals surface area contributed by atoms with E-state index in [4.69, 9.17) is 13.7 Å². The van der Waals surface area contributed by atoms with E-state index in [0.29, 0.717) is 11.1 Å². The third kappa shape index (κ3) is 5.77. The predicted molar refractivity (Wildman–Crippen MR) is 177 cm³/mol. The maximum atomic E-state index is 13.6. The van der Waals surface area contributed by atoms with Gasteiger partial charge in [-0.2, -0.15) is 8.42 Å². The molecule has 0 N–H and O–H groups in total. The first-order chi connectivity index (χ1) is 21.3. The molecule has 0 fully saturated rings. The molecule has 0 unspecified atom stereocenters. The Labute approximate surface area is 258 Å². The Hall–Kier alpha value is -5.07. The highest BCUT2D eigenvalue weighted by Gasteiger charge is 2.22. The van der Waals surface area contributed by atoms with Crippen molar-refractivity contribution in [1.29, 1.82) is 0 Å². The lowest BCUT2D eigenvalue weighted by atomic mass is 9.92. The molecule has 5 nitrogen and oxygen atoms in total. The minimum atomic E-state index is -4.11. The summed E-state index contributed by atoms with van der Waals surface area (Å²) in [5.74, 6) is 1.85. The van der Waals surface area contributed by atoms with E-state index in [1.165, 1.54) is 0 Å². The molecular formula is C38H32O5S. The SMILES string of the molecule is COc1ccc(-c2ccc(-c3cc4ccc(-c5cccc(OC)c5)cc4c(OS(=O)(=O)c4ccc(C)cc4)c3C)cc2)cc1. The Balaban J connectivity index is 1.48. The first-order valence-corrected chi connectivity index (χ1v) is 15.6. The van der Waals surface area contributed by atoms with E-state index in [2.05, 4.69) is 30.3 Å². The Kier molecular flexibility index (Phi) is 7.85. The van der Waals surface area contributed by atoms with Gasteiger partial charge in [0.2, 0.25) is 0 Å². The van der Waals surface area contributed by atoms with Crippen LogP contribution in [0.1, 0.15) is 11.1 Å². The number of fused-ring (bicyclic) bond motifs is 1. The summed E-state index contributed by atoms with van der Waals surface area (Å²) in [6.07, 6.45) is 0. The van der Waals surface area contributed by atoms with Crippen LogP contribution >= 0.6 is 0 Å². The lowest BCUT2D eigenvalue weighted by Crippen LogP contribution is -2.11. The van der Waals surface area contributed by atoms with Crippen molar-refractivity contribution in [1.82, 2.24) is 0 Å². The number of aryl methyl sites for hydroxylation is 1. The molecule has 6 aromatic rings. The smallest absolute Gasteiger partial charge is 0.339 e. The molecule has 0 saturated carbocycles. The minimum absolute atomic E-state index is 0.105. The van der Waals surface area contributed by atoms with E-state index in [0.717, 1.165) is 61.4 Å². The summed E-state index contributed by atoms with van der Waals surface area (Å²) in [7, 11) is -0.823. The van der Waals surface area contributed by atoms with Crippen molar-refractivity contribution in [3.63, 3.8) is 0 Å². The van der Waals surface area contributed by atoms with Gasteiger partial charge in [0.15, 0.2) is 5.75 Å². The van der Waals surface area contributed by atoms with Crippen LogP contribution in [-0.2, 0) is 10.1 Å². The second-order valence-corrected chi connectivity index (χ2v) is 12.2. The van der Waals surface area contributed by atoms with Crippen LogP contribution in [0.25, 0.3) is 44.2 Å². The molecule has 6 rings (SSSR count). The standard InChI is InChI=1S/C38H32O5S/c1-25-8-20-35(21-9-25)44(39,40)43-38-26(2)36(29-12-10-27(11-13-29)28-16-18-33(41-3)19-17-28)24-32-15-14-31(23-37(32)38)30-6-5-7-34(22-30)42-4/h5-24H,1-4H3. The van der Waals surface area contributed by atoms with Gasteiger partial charge in [-0.1, -0.05) is 78.4 Å². The van der Waals surface area contributed by atoms with Crippen molar-refractivity contribution in [2.45, 2.75) is 18.7 Å². The van der Waals surface area contributed by atoms with Crippen LogP contribution < -0.4 is 13.7 Å². The van der Waals surface area contributed by atoms with E-state index in [1.807, 2.05) is 80.6 Å². The molecule has 220 valence electrons. The quantitative estimate of drug-likeness (QED) is 0.163. The number of rotatable bonds is 8. The molecule has 0 aliphatic rings. The summed E-state index contributed by atoms with van der Waals surface area (Å²) in [6, 6.07) is 38.7. The van der Waals surface area contributed by atoms with Gasteiger partial charge in [0.25, 0.3) is 0 Å². The fourth-order valence-electron chi connectivity index (χ4n) is 5.34. The minimum Gasteiger partial charge on any atom is -0.497 e. The highest BCUT2D eigenvalue weighted by molar-refractivity contribution is 7.87. The van der Waals surface area contributed by atoms with Crippen molar-refractivity contribution in [3.05, 3.63) is 132 Å². The first kappa shape index (κ1) is 29.0. The van der Waals surface area contributed by atoms with E-state index in [1.54, 1.807) is 38.5 Å².